The van der Waals surface area contributed by atoms with Crippen LogP contribution in [0.15, 0.2) is 0 Å². The van der Waals surface area contributed by atoms with Crippen molar-refractivity contribution in [2.75, 3.05) is 32.8 Å². The maximum Gasteiger partial charge on any atom is 0.321 e. The van der Waals surface area contributed by atoms with Crippen molar-refractivity contribution in [3.63, 3.8) is 0 Å². The van der Waals surface area contributed by atoms with Gasteiger partial charge in [-0.2, -0.15) is 17.0 Å². The summed E-state index contributed by atoms with van der Waals surface area (Å²) in [5.41, 5.74) is 0. The molecule has 0 radical (unpaired) electrons. The lowest BCUT2D eigenvalue weighted by molar-refractivity contribution is -0.143. The first-order chi connectivity index (χ1) is 8.43. The Morgan fingerprint density at radius 2 is 1.61 bits per heavy atom. The quantitative estimate of drug-likeness (QED) is 0.587. The molecule has 0 bridgehead atoms. The topological polar surface area (TPSA) is 66.9 Å². The van der Waals surface area contributed by atoms with Crippen LogP contribution in [0.2, 0.25) is 0 Å². The normalized spacial score (nSPS) is 12.1. The second-order valence-corrected chi connectivity index (χ2v) is 5.66. The van der Waals surface area contributed by atoms with Gasteiger partial charge in [-0.1, -0.05) is 20.8 Å². The summed E-state index contributed by atoms with van der Waals surface area (Å²) in [5, 5.41) is 0. The zero-order valence-electron chi connectivity index (χ0n) is 11.7. The fraction of sp³-hybridized carbons (Fsp3) is 0.909. The molecule has 7 heteroatoms. The van der Waals surface area contributed by atoms with Crippen LogP contribution in [-0.4, -0.2) is 55.8 Å². The Morgan fingerprint density at radius 1 is 1.06 bits per heavy atom. The molecule has 0 unspecified atom stereocenters. The summed E-state index contributed by atoms with van der Waals surface area (Å²) in [6.07, 6.45) is 0.653. The van der Waals surface area contributed by atoms with E-state index in [-0.39, 0.29) is 13.2 Å². The predicted molar refractivity (Wildman–Crippen MR) is 70.3 cm³/mol. The third-order valence-electron chi connectivity index (χ3n) is 2.44. The Bertz CT molecular complexity index is 339. The third-order valence-corrected chi connectivity index (χ3v) is 4.58. The van der Waals surface area contributed by atoms with Gasteiger partial charge in [-0.15, -0.1) is 0 Å². The van der Waals surface area contributed by atoms with Gasteiger partial charge in [0.05, 0.1) is 6.61 Å². The highest BCUT2D eigenvalue weighted by Gasteiger charge is 2.29. The zero-order chi connectivity index (χ0) is 14.2. The van der Waals surface area contributed by atoms with Gasteiger partial charge in [-0.3, -0.25) is 4.79 Å². The molecule has 0 aliphatic carbocycles. The molecule has 0 aromatic heterocycles. The van der Waals surface area contributed by atoms with Gasteiger partial charge in [0.2, 0.25) is 0 Å². The van der Waals surface area contributed by atoms with Crippen LogP contribution in [0.25, 0.3) is 0 Å². The summed E-state index contributed by atoms with van der Waals surface area (Å²) in [5.74, 6) is -0.512. The summed E-state index contributed by atoms with van der Waals surface area (Å²) in [7, 11) is -3.57. The van der Waals surface area contributed by atoms with E-state index in [1.807, 2.05) is 6.92 Å². The Hall–Kier alpha value is -0.660. The van der Waals surface area contributed by atoms with E-state index in [4.69, 9.17) is 4.74 Å². The van der Waals surface area contributed by atoms with Crippen molar-refractivity contribution in [2.24, 2.45) is 0 Å². The number of ether oxygens (including phenoxy) is 1. The van der Waals surface area contributed by atoms with Crippen molar-refractivity contribution in [2.45, 2.75) is 34.1 Å². The fourth-order valence-electron chi connectivity index (χ4n) is 1.59. The van der Waals surface area contributed by atoms with Crippen LogP contribution in [0.3, 0.4) is 0 Å². The van der Waals surface area contributed by atoms with Gasteiger partial charge in [0.15, 0.2) is 0 Å². The second-order valence-electron chi connectivity index (χ2n) is 3.73. The van der Waals surface area contributed by atoms with Crippen molar-refractivity contribution in [1.82, 2.24) is 8.61 Å². The van der Waals surface area contributed by atoms with Crippen molar-refractivity contribution in [3.05, 3.63) is 0 Å². The number of carbonyl (C=O) groups is 1. The summed E-state index contributed by atoms with van der Waals surface area (Å²) >= 11 is 0. The average molecular weight is 280 g/mol. The van der Waals surface area contributed by atoms with Gasteiger partial charge >= 0.3 is 5.97 Å². The lowest BCUT2D eigenvalue weighted by atomic mass is 10.5. The van der Waals surface area contributed by atoms with Gasteiger partial charge in [0.25, 0.3) is 10.2 Å². The third kappa shape index (κ3) is 4.91. The van der Waals surface area contributed by atoms with Crippen molar-refractivity contribution >= 4 is 16.2 Å². The summed E-state index contributed by atoms with van der Waals surface area (Å²) in [6.45, 7) is 8.24. The van der Waals surface area contributed by atoms with E-state index in [1.54, 1.807) is 20.8 Å². The lowest BCUT2D eigenvalue weighted by Gasteiger charge is -2.27. The van der Waals surface area contributed by atoms with Gasteiger partial charge < -0.3 is 4.74 Å². The van der Waals surface area contributed by atoms with E-state index >= 15 is 0 Å². The molecule has 0 aromatic carbocycles. The molecule has 108 valence electrons. The standard InChI is InChI=1S/C11H24N2O4S/c1-5-9-13(10-11(14)17-8-4)18(15,16)12(6-2)7-3/h5-10H2,1-4H3. The molecule has 0 saturated carbocycles. The molecule has 0 rings (SSSR count). The number of hydrogen-bond acceptors (Lipinski definition) is 4. The van der Waals surface area contributed by atoms with Crippen LogP contribution in [0.1, 0.15) is 34.1 Å². The van der Waals surface area contributed by atoms with E-state index in [2.05, 4.69) is 0 Å². The molecule has 0 aliphatic rings. The molecular formula is C11H24N2O4S. The Morgan fingerprint density at radius 3 is 2.00 bits per heavy atom. The number of nitrogens with zero attached hydrogens (tertiary/aromatic N) is 2. The van der Waals surface area contributed by atoms with Crippen LogP contribution in [0.5, 0.6) is 0 Å². The minimum atomic E-state index is -3.57. The molecule has 0 amide bonds. The predicted octanol–water partition coefficient (Wildman–Crippen LogP) is 0.848. The Labute approximate surface area is 110 Å². The maximum atomic E-state index is 12.3. The number of hydrogen-bond donors (Lipinski definition) is 0. The van der Waals surface area contributed by atoms with Crippen molar-refractivity contribution in [3.8, 4) is 0 Å². The lowest BCUT2D eigenvalue weighted by Crippen LogP contribution is -2.46. The molecular weight excluding hydrogens is 256 g/mol. The summed E-state index contributed by atoms with van der Waals surface area (Å²) < 4.78 is 31.8. The molecule has 0 saturated heterocycles. The monoisotopic (exact) mass is 280 g/mol. The first-order valence-corrected chi connectivity index (χ1v) is 7.74. The first kappa shape index (κ1) is 17.3. The van der Waals surface area contributed by atoms with Crippen LogP contribution >= 0.6 is 0 Å². The molecule has 18 heavy (non-hydrogen) atoms. The van der Waals surface area contributed by atoms with Gasteiger partial charge in [-0.05, 0) is 13.3 Å². The highest BCUT2D eigenvalue weighted by Crippen LogP contribution is 2.09. The minimum Gasteiger partial charge on any atom is -0.465 e. The SMILES string of the molecule is CCCN(CC(=O)OCC)S(=O)(=O)N(CC)CC. The second kappa shape index (κ2) is 8.44. The van der Waals surface area contributed by atoms with E-state index < -0.39 is 16.2 Å². The van der Waals surface area contributed by atoms with Gasteiger partial charge in [0, 0.05) is 19.6 Å². The summed E-state index contributed by atoms with van der Waals surface area (Å²) in [4.78, 5) is 11.4. The molecule has 0 aliphatic heterocycles. The van der Waals surface area contributed by atoms with Gasteiger partial charge in [-0.25, -0.2) is 0 Å². The van der Waals surface area contributed by atoms with E-state index in [0.29, 0.717) is 26.1 Å². The van der Waals surface area contributed by atoms with Crippen LogP contribution in [0.4, 0.5) is 0 Å². The number of rotatable bonds is 9. The first-order valence-electron chi connectivity index (χ1n) is 6.34. The van der Waals surface area contributed by atoms with Crippen molar-refractivity contribution in [1.29, 1.82) is 0 Å². The highest BCUT2D eigenvalue weighted by molar-refractivity contribution is 7.86. The molecule has 0 heterocycles. The molecule has 0 atom stereocenters. The molecule has 0 spiro atoms. The zero-order valence-corrected chi connectivity index (χ0v) is 12.5. The maximum absolute atomic E-state index is 12.3. The van der Waals surface area contributed by atoms with E-state index in [1.165, 1.54) is 8.61 Å². The molecule has 0 fully saturated rings. The highest BCUT2D eigenvalue weighted by atomic mass is 32.2. The van der Waals surface area contributed by atoms with Gasteiger partial charge in [0.1, 0.15) is 6.54 Å². The Balaban J connectivity index is 4.92. The Kier molecular flexibility index (Phi) is 8.13. The molecule has 6 nitrogen and oxygen atoms in total. The largest absolute Gasteiger partial charge is 0.465 e. The van der Waals surface area contributed by atoms with Crippen LogP contribution in [0, 0.1) is 0 Å². The minimum absolute atomic E-state index is 0.222. The van der Waals surface area contributed by atoms with E-state index in [0.717, 1.165) is 0 Å². The smallest absolute Gasteiger partial charge is 0.321 e. The van der Waals surface area contributed by atoms with E-state index in [9.17, 15) is 13.2 Å². The number of esters is 1. The molecule has 0 aromatic rings. The molecule has 0 N–H and O–H groups in total. The fourth-order valence-corrected chi connectivity index (χ4v) is 3.25. The van der Waals surface area contributed by atoms with Crippen molar-refractivity contribution < 1.29 is 17.9 Å². The average Bonchev–Trinajstić information content (AvgIpc) is 2.30. The number of carbonyl (C=O) groups excluding carboxylic acids is 1. The van der Waals surface area contributed by atoms with Crippen LogP contribution in [-0.2, 0) is 19.7 Å². The van der Waals surface area contributed by atoms with Crippen LogP contribution < -0.4 is 0 Å². The summed E-state index contributed by atoms with van der Waals surface area (Å²) in [6, 6.07) is 0.